The highest BCUT2D eigenvalue weighted by atomic mass is 32.1. The van der Waals surface area contributed by atoms with Gasteiger partial charge in [0.1, 0.15) is 0 Å². The number of anilines is 1. The molecule has 4 heterocycles. The van der Waals surface area contributed by atoms with Gasteiger partial charge >= 0.3 is 0 Å². The minimum atomic E-state index is 0.532. The molecule has 1 aliphatic rings. The van der Waals surface area contributed by atoms with Crippen molar-refractivity contribution in [3.63, 3.8) is 0 Å². The van der Waals surface area contributed by atoms with Gasteiger partial charge in [-0.2, -0.15) is 0 Å². The van der Waals surface area contributed by atoms with E-state index in [2.05, 4.69) is 50.2 Å². The maximum atomic E-state index is 6.09. The zero-order valence-electron chi connectivity index (χ0n) is 18.0. The number of nitrogens with zero attached hydrogens (tertiary/aromatic N) is 4. The number of hydrogen-bond donors (Lipinski definition) is 1. The van der Waals surface area contributed by atoms with E-state index in [1.165, 1.54) is 16.9 Å². The quantitative estimate of drug-likeness (QED) is 0.484. The van der Waals surface area contributed by atoms with Gasteiger partial charge in [-0.3, -0.25) is 14.9 Å². The number of ether oxygens (including phenoxy) is 1. The van der Waals surface area contributed by atoms with E-state index in [9.17, 15) is 0 Å². The SMILES string of the molecule is Cc1cccc(-c2sc(N)nc2-c2ccnc(-c3ccc(CN4CCOCC4)cc3)c2)n1. The average Bonchev–Trinajstić information content (AvgIpc) is 3.22. The zero-order valence-corrected chi connectivity index (χ0v) is 18.8. The van der Waals surface area contributed by atoms with Crippen LogP contribution < -0.4 is 5.73 Å². The van der Waals surface area contributed by atoms with E-state index < -0.39 is 0 Å². The van der Waals surface area contributed by atoms with Gasteiger partial charge in [-0.15, -0.1) is 0 Å². The van der Waals surface area contributed by atoms with Crippen molar-refractivity contribution in [2.45, 2.75) is 13.5 Å². The first kappa shape index (κ1) is 20.8. The summed E-state index contributed by atoms with van der Waals surface area (Å²) >= 11 is 1.46. The minimum Gasteiger partial charge on any atom is -0.379 e. The Labute approximate surface area is 191 Å². The van der Waals surface area contributed by atoms with Crippen LogP contribution in [0.3, 0.4) is 0 Å². The third-order valence-corrected chi connectivity index (χ3v) is 6.46. The number of aromatic nitrogens is 3. The molecule has 4 aromatic rings. The van der Waals surface area contributed by atoms with Crippen molar-refractivity contribution in [2.75, 3.05) is 32.0 Å². The molecule has 1 fully saturated rings. The largest absolute Gasteiger partial charge is 0.379 e. The van der Waals surface area contributed by atoms with Crippen LogP contribution in [0.15, 0.2) is 60.8 Å². The van der Waals surface area contributed by atoms with Crippen molar-refractivity contribution < 1.29 is 4.74 Å². The van der Waals surface area contributed by atoms with Gasteiger partial charge in [0.25, 0.3) is 0 Å². The fraction of sp³-hybridized carbons (Fsp3) is 0.240. The number of benzene rings is 1. The third kappa shape index (κ3) is 4.55. The Morgan fingerprint density at radius 2 is 1.78 bits per heavy atom. The lowest BCUT2D eigenvalue weighted by atomic mass is 10.0. The summed E-state index contributed by atoms with van der Waals surface area (Å²) in [4.78, 5) is 17.3. The molecule has 1 saturated heterocycles. The molecule has 0 amide bonds. The predicted molar refractivity (Wildman–Crippen MR) is 129 cm³/mol. The number of morpholine rings is 1. The molecule has 0 spiro atoms. The van der Waals surface area contributed by atoms with Crippen LogP contribution in [0.4, 0.5) is 5.13 Å². The number of rotatable bonds is 5. The molecule has 0 radical (unpaired) electrons. The number of pyridine rings is 2. The summed E-state index contributed by atoms with van der Waals surface area (Å²) in [7, 11) is 0. The van der Waals surface area contributed by atoms with E-state index in [-0.39, 0.29) is 0 Å². The predicted octanol–water partition coefficient (Wildman–Crippen LogP) is 4.66. The first-order valence-corrected chi connectivity index (χ1v) is 11.5. The second kappa shape index (κ2) is 9.16. The Hall–Kier alpha value is -3.13. The summed E-state index contributed by atoms with van der Waals surface area (Å²) in [6.07, 6.45) is 1.83. The van der Waals surface area contributed by atoms with Gasteiger partial charge in [0.2, 0.25) is 0 Å². The van der Waals surface area contributed by atoms with E-state index in [4.69, 9.17) is 10.5 Å². The Bertz CT molecular complexity index is 1220. The second-order valence-corrected chi connectivity index (χ2v) is 8.94. The fourth-order valence-electron chi connectivity index (χ4n) is 3.91. The molecule has 32 heavy (non-hydrogen) atoms. The monoisotopic (exact) mass is 443 g/mol. The molecular formula is C25H25N5OS. The molecule has 7 heteroatoms. The number of nitrogen functional groups attached to an aromatic ring is 1. The summed E-state index contributed by atoms with van der Waals surface area (Å²) < 4.78 is 5.44. The van der Waals surface area contributed by atoms with E-state index in [0.29, 0.717) is 5.13 Å². The molecular weight excluding hydrogens is 418 g/mol. The summed E-state index contributed by atoms with van der Waals surface area (Å²) in [6.45, 7) is 6.54. The first-order valence-electron chi connectivity index (χ1n) is 10.7. The van der Waals surface area contributed by atoms with Gasteiger partial charge < -0.3 is 10.5 Å². The van der Waals surface area contributed by atoms with Crippen LogP contribution in [0.5, 0.6) is 0 Å². The number of aryl methyl sites for hydroxylation is 1. The number of nitrogens with two attached hydrogens (primary N) is 1. The Balaban J connectivity index is 1.42. The van der Waals surface area contributed by atoms with Gasteiger partial charge in [-0.05, 0) is 36.8 Å². The summed E-state index contributed by atoms with van der Waals surface area (Å²) in [5.74, 6) is 0. The molecule has 3 aromatic heterocycles. The maximum Gasteiger partial charge on any atom is 0.181 e. The van der Waals surface area contributed by atoms with Crippen LogP contribution in [0.1, 0.15) is 11.3 Å². The van der Waals surface area contributed by atoms with Crippen molar-refractivity contribution in [3.8, 4) is 33.1 Å². The second-order valence-electron chi connectivity index (χ2n) is 7.91. The first-order chi connectivity index (χ1) is 15.7. The average molecular weight is 444 g/mol. The highest BCUT2D eigenvalue weighted by Crippen LogP contribution is 2.38. The fourth-order valence-corrected chi connectivity index (χ4v) is 4.73. The van der Waals surface area contributed by atoms with Crippen molar-refractivity contribution >= 4 is 16.5 Å². The molecule has 1 aliphatic heterocycles. The third-order valence-electron chi connectivity index (χ3n) is 5.56. The molecule has 0 aliphatic carbocycles. The van der Waals surface area contributed by atoms with E-state index in [0.717, 1.165) is 71.6 Å². The van der Waals surface area contributed by atoms with Crippen molar-refractivity contribution in [3.05, 3.63) is 72.1 Å². The normalized spacial score (nSPS) is 14.5. The van der Waals surface area contributed by atoms with Crippen molar-refractivity contribution in [1.82, 2.24) is 19.9 Å². The molecule has 162 valence electrons. The summed E-state index contributed by atoms with van der Waals surface area (Å²) in [6, 6.07) is 18.7. The van der Waals surface area contributed by atoms with Gasteiger partial charge in [0, 0.05) is 42.7 Å². The molecule has 1 aromatic carbocycles. The molecule has 0 atom stereocenters. The smallest absolute Gasteiger partial charge is 0.181 e. The lowest BCUT2D eigenvalue weighted by Gasteiger charge is -2.26. The van der Waals surface area contributed by atoms with Gasteiger partial charge in [-0.1, -0.05) is 41.7 Å². The molecule has 2 N–H and O–H groups in total. The molecule has 0 bridgehead atoms. The Kier molecular flexibility index (Phi) is 5.94. The topological polar surface area (TPSA) is 77.2 Å². The van der Waals surface area contributed by atoms with Gasteiger partial charge in [0.15, 0.2) is 5.13 Å². The van der Waals surface area contributed by atoms with Crippen LogP contribution in [-0.2, 0) is 11.3 Å². The van der Waals surface area contributed by atoms with Crippen molar-refractivity contribution in [2.24, 2.45) is 0 Å². The van der Waals surface area contributed by atoms with E-state index >= 15 is 0 Å². The van der Waals surface area contributed by atoms with Crippen LogP contribution >= 0.6 is 11.3 Å². The molecule has 6 nitrogen and oxygen atoms in total. The number of thiazole rings is 1. The van der Waals surface area contributed by atoms with Crippen LogP contribution in [0.2, 0.25) is 0 Å². The van der Waals surface area contributed by atoms with E-state index in [1.807, 2.05) is 37.4 Å². The van der Waals surface area contributed by atoms with Crippen LogP contribution in [0, 0.1) is 6.92 Å². The Morgan fingerprint density at radius 3 is 2.56 bits per heavy atom. The van der Waals surface area contributed by atoms with Crippen LogP contribution in [-0.4, -0.2) is 46.2 Å². The summed E-state index contributed by atoms with van der Waals surface area (Å²) in [5, 5.41) is 0.532. The summed E-state index contributed by atoms with van der Waals surface area (Å²) in [5.41, 5.74) is 13.1. The van der Waals surface area contributed by atoms with Gasteiger partial charge in [-0.25, -0.2) is 4.98 Å². The van der Waals surface area contributed by atoms with Crippen molar-refractivity contribution in [1.29, 1.82) is 0 Å². The van der Waals surface area contributed by atoms with E-state index in [1.54, 1.807) is 0 Å². The van der Waals surface area contributed by atoms with Crippen LogP contribution in [0.25, 0.3) is 33.1 Å². The maximum absolute atomic E-state index is 6.09. The van der Waals surface area contributed by atoms with Gasteiger partial charge in [0.05, 0.1) is 35.2 Å². The molecule has 0 unspecified atom stereocenters. The lowest BCUT2D eigenvalue weighted by Crippen LogP contribution is -2.35. The lowest BCUT2D eigenvalue weighted by molar-refractivity contribution is 0.0342. The highest BCUT2D eigenvalue weighted by Gasteiger charge is 2.16. The molecule has 5 rings (SSSR count). The minimum absolute atomic E-state index is 0.532. The zero-order chi connectivity index (χ0) is 21.9. The molecule has 0 saturated carbocycles. The Morgan fingerprint density at radius 1 is 0.969 bits per heavy atom. The standard InChI is InChI=1S/C25H25N5OS/c1-17-3-2-4-21(28-17)24-23(29-25(26)32-24)20-9-10-27-22(15-20)19-7-5-18(6-8-19)16-30-11-13-31-14-12-30/h2-10,15H,11-14,16H2,1H3,(H2,26,29). The number of hydrogen-bond acceptors (Lipinski definition) is 7. The highest BCUT2D eigenvalue weighted by molar-refractivity contribution is 7.19.